The third kappa shape index (κ3) is 4.03. The molecule has 7 nitrogen and oxygen atoms in total. The largest absolute Gasteiger partial charge is 0.480 e. The van der Waals surface area contributed by atoms with E-state index in [1.807, 2.05) is 0 Å². The predicted molar refractivity (Wildman–Crippen MR) is 90.2 cm³/mol. The molecule has 0 saturated carbocycles. The Balaban J connectivity index is 2.13. The second-order valence-electron chi connectivity index (χ2n) is 5.47. The van der Waals surface area contributed by atoms with E-state index in [2.05, 4.69) is 11.9 Å². The molecule has 0 spiro atoms. The van der Waals surface area contributed by atoms with E-state index in [4.69, 9.17) is 0 Å². The van der Waals surface area contributed by atoms with Crippen molar-refractivity contribution >= 4 is 33.2 Å². The maximum atomic E-state index is 12.6. The van der Waals surface area contributed by atoms with Crippen LogP contribution in [-0.4, -0.2) is 48.3 Å². The number of rotatable bonds is 8. The van der Waals surface area contributed by atoms with Crippen LogP contribution in [0, 0.1) is 0 Å². The lowest BCUT2D eigenvalue weighted by molar-refractivity contribution is -0.142. The van der Waals surface area contributed by atoms with Gasteiger partial charge in [-0.25, -0.2) is 13.2 Å². The number of carboxylic acid groups (broad SMARTS) is 1. The highest BCUT2D eigenvalue weighted by atomic mass is 32.2. The van der Waals surface area contributed by atoms with Crippen LogP contribution in [0.4, 0.5) is 0 Å². The summed E-state index contributed by atoms with van der Waals surface area (Å²) in [6.07, 6.45) is 3.18. The van der Waals surface area contributed by atoms with Gasteiger partial charge in [0.1, 0.15) is 16.3 Å². The highest BCUT2D eigenvalue weighted by Crippen LogP contribution is 2.28. The molecule has 1 aromatic heterocycles. The van der Waals surface area contributed by atoms with Gasteiger partial charge in [-0.2, -0.15) is 4.31 Å². The fourth-order valence-corrected chi connectivity index (χ4v) is 5.40. The van der Waals surface area contributed by atoms with Crippen molar-refractivity contribution in [3.63, 3.8) is 0 Å². The Morgan fingerprint density at radius 1 is 1.54 bits per heavy atom. The number of carbonyl (C=O) groups is 2. The van der Waals surface area contributed by atoms with Crippen molar-refractivity contribution in [3.05, 3.63) is 30.2 Å². The molecule has 1 saturated heterocycles. The SMILES string of the molecule is C=CCCC(NC(=O)C1CCCN1S(=O)(=O)c1cccs1)C(=O)O. The average molecular weight is 372 g/mol. The standard InChI is InChI=1S/C15H20N2O5S2/c1-2-3-6-11(15(19)20)16-14(18)12-7-4-9-17(12)24(21,22)13-8-5-10-23-13/h2,5,8,10-12H,1,3-4,6-7,9H2,(H,16,18)(H,19,20). The average Bonchev–Trinajstić information content (AvgIpc) is 3.22. The van der Waals surface area contributed by atoms with Gasteiger partial charge in [0.2, 0.25) is 5.91 Å². The van der Waals surface area contributed by atoms with Gasteiger partial charge in [0.05, 0.1) is 0 Å². The number of aliphatic carboxylic acids is 1. The van der Waals surface area contributed by atoms with E-state index in [1.54, 1.807) is 17.5 Å². The number of carbonyl (C=O) groups excluding carboxylic acids is 1. The van der Waals surface area contributed by atoms with Crippen LogP contribution in [0.15, 0.2) is 34.4 Å². The van der Waals surface area contributed by atoms with Crippen molar-refractivity contribution in [2.24, 2.45) is 0 Å². The summed E-state index contributed by atoms with van der Waals surface area (Å²) in [5.41, 5.74) is 0. The molecule has 2 rings (SSSR count). The molecular weight excluding hydrogens is 352 g/mol. The molecule has 2 unspecified atom stereocenters. The minimum atomic E-state index is -3.74. The number of amides is 1. The molecule has 2 atom stereocenters. The van der Waals surface area contributed by atoms with Gasteiger partial charge in [0, 0.05) is 6.54 Å². The number of thiophene rings is 1. The Morgan fingerprint density at radius 2 is 2.29 bits per heavy atom. The Labute approximate surface area is 145 Å². The fraction of sp³-hybridized carbons (Fsp3) is 0.467. The Morgan fingerprint density at radius 3 is 2.88 bits per heavy atom. The Bertz CT molecular complexity index is 699. The third-order valence-electron chi connectivity index (χ3n) is 3.84. The van der Waals surface area contributed by atoms with Crippen LogP contribution >= 0.6 is 11.3 Å². The van der Waals surface area contributed by atoms with E-state index in [0.717, 1.165) is 11.3 Å². The summed E-state index contributed by atoms with van der Waals surface area (Å²) in [5.74, 6) is -1.71. The molecule has 1 aliphatic rings. The molecule has 9 heteroatoms. The number of nitrogens with one attached hydrogen (secondary N) is 1. The summed E-state index contributed by atoms with van der Waals surface area (Å²) in [6.45, 7) is 3.78. The highest BCUT2D eigenvalue weighted by molar-refractivity contribution is 7.91. The zero-order valence-electron chi connectivity index (χ0n) is 13.1. The Kier molecular flexibility index (Phi) is 6.14. The summed E-state index contributed by atoms with van der Waals surface area (Å²) < 4.78 is 26.6. The van der Waals surface area contributed by atoms with Gasteiger partial charge < -0.3 is 10.4 Å². The van der Waals surface area contributed by atoms with E-state index < -0.39 is 34.0 Å². The van der Waals surface area contributed by atoms with Gasteiger partial charge in [0.25, 0.3) is 10.0 Å². The molecule has 0 radical (unpaired) electrons. The summed E-state index contributed by atoms with van der Waals surface area (Å²) in [7, 11) is -3.74. The quantitative estimate of drug-likeness (QED) is 0.672. The van der Waals surface area contributed by atoms with Gasteiger partial charge in [-0.1, -0.05) is 12.1 Å². The number of allylic oxidation sites excluding steroid dienone is 1. The third-order valence-corrected chi connectivity index (χ3v) is 7.12. The smallest absolute Gasteiger partial charge is 0.326 e. The van der Waals surface area contributed by atoms with Crippen LogP contribution in [0.3, 0.4) is 0 Å². The van der Waals surface area contributed by atoms with Gasteiger partial charge >= 0.3 is 5.97 Å². The minimum absolute atomic E-state index is 0.184. The van der Waals surface area contributed by atoms with Crippen molar-refractivity contribution in [3.8, 4) is 0 Å². The lowest BCUT2D eigenvalue weighted by atomic mass is 10.1. The van der Waals surface area contributed by atoms with E-state index in [0.29, 0.717) is 19.3 Å². The van der Waals surface area contributed by atoms with Crippen LogP contribution in [0.5, 0.6) is 0 Å². The second kappa shape index (κ2) is 7.91. The van der Waals surface area contributed by atoms with Crippen LogP contribution in [0.25, 0.3) is 0 Å². The number of sulfonamides is 1. The molecule has 2 heterocycles. The first-order valence-corrected chi connectivity index (χ1v) is 9.89. The van der Waals surface area contributed by atoms with Gasteiger partial charge in [0.15, 0.2) is 0 Å². The predicted octanol–water partition coefficient (Wildman–Crippen LogP) is 1.44. The second-order valence-corrected chi connectivity index (χ2v) is 8.54. The van der Waals surface area contributed by atoms with E-state index in [9.17, 15) is 23.1 Å². The van der Waals surface area contributed by atoms with Crippen LogP contribution < -0.4 is 5.32 Å². The summed E-state index contributed by atoms with van der Waals surface area (Å²) in [5, 5.41) is 13.3. The maximum absolute atomic E-state index is 12.6. The molecule has 2 N–H and O–H groups in total. The van der Waals surface area contributed by atoms with Gasteiger partial charge in [-0.05, 0) is 37.1 Å². The molecular formula is C15H20N2O5S2. The summed E-state index contributed by atoms with van der Waals surface area (Å²) in [4.78, 5) is 23.7. The van der Waals surface area contributed by atoms with Crippen molar-refractivity contribution in [2.45, 2.75) is 42.0 Å². The number of nitrogens with zero attached hydrogens (tertiary/aromatic N) is 1. The maximum Gasteiger partial charge on any atom is 0.326 e. The zero-order chi connectivity index (χ0) is 17.7. The molecule has 1 aromatic rings. The van der Waals surface area contributed by atoms with Crippen LogP contribution in [0.2, 0.25) is 0 Å². The minimum Gasteiger partial charge on any atom is -0.480 e. The first kappa shape index (κ1) is 18.6. The van der Waals surface area contributed by atoms with Crippen molar-refractivity contribution < 1.29 is 23.1 Å². The lowest BCUT2D eigenvalue weighted by Gasteiger charge is -2.24. The van der Waals surface area contributed by atoms with Gasteiger partial charge in [-0.15, -0.1) is 17.9 Å². The lowest BCUT2D eigenvalue weighted by Crippen LogP contribution is -2.50. The first-order valence-electron chi connectivity index (χ1n) is 7.57. The number of hydrogen-bond donors (Lipinski definition) is 2. The van der Waals surface area contributed by atoms with Crippen molar-refractivity contribution in [1.29, 1.82) is 0 Å². The number of carboxylic acids is 1. The molecule has 24 heavy (non-hydrogen) atoms. The molecule has 1 aliphatic heterocycles. The first-order chi connectivity index (χ1) is 11.4. The van der Waals surface area contributed by atoms with Crippen LogP contribution in [0.1, 0.15) is 25.7 Å². The molecule has 1 fully saturated rings. The topological polar surface area (TPSA) is 104 Å². The van der Waals surface area contributed by atoms with E-state index in [1.165, 1.54) is 10.4 Å². The zero-order valence-corrected chi connectivity index (χ0v) is 14.7. The van der Waals surface area contributed by atoms with Gasteiger partial charge in [-0.3, -0.25) is 4.79 Å². The summed E-state index contributed by atoms with van der Waals surface area (Å²) >= 11 is 1.09. The Hall–Kier alpha value is -1.71. The normalized spacial score (nSPS) is 19.8. The fourth-order valence-electron chi connectivity index (χ4n) is 2.63. The highest BCUT2D eigenvalue weighted by Gasteiger charge is 2.40. The van der Waals surface area contributed by atoms with Crippen LogP contribution in [-0.2, 0) is 19.6 Å². The summed E-state index contributed by atoms with van der Waals surface area (Å²) in [6, 6.07) is 1.21. The number of hydrogen-bond acceptors (Lipinski definition) is 5. The molecule has 0 aromatic carbocycles. The molecule has 1 amide bonds. The van der Waals surface area contributed by atoms with Crippen molar-refractivity contribution in [1.82, 2.24) is 9.62 Å². The van der Waals surface area contributed by atoms with E-state index in [-0.39, 0.29) is 17.2 Å². The monoisotopic (exact) mass is 372 g/mol. The van der Waals surface area contributed by atoms with E-state index >= 15 is 0 Å². The van der Waals surface area contributed by atoms with Crippen molar-refractivity contribution in [2.75, 3.05) is 6.54 Å². The molecule has 0 bridgehead atoms. The molecule has 132 valence electrons. The molecule has 0 aliphatic carbocycles.